The van der Waals surface area contributed by atoms with E-state index in [1.54, 1.807) is 18.7 Å². The van der Waals surface area contributed by atoms with Crippen LogP contribution in [0, 0.1) is 13.8 Å². The Labute approximate surface area is 157 Å². The summed E-state index contributed by atoms with van der Waals surface area (Å²) in [5, 5.41) is 7.91. The van der Waals surface area contributed by atoms with Crippen LogP contribution in [0.4, 0.5) is 8.78 Å². The van der Waals surface area contributed by atoms with Gasteiger partial charge in [-0.2, -0.15) is 0 Å². The van der Waals surface area contributed by atoms with Gasteiger partial charge in [0.25, 0.3) is 18.0 Å². The Balaban J connectivity index is 1.65. The summed E-state index contributed by atoms with van der Waals surface area (Å²) < 4.78 is 36.1. The highest BCUT2D eigenvalue weighted by Crippen LogP contribution is 2.34. The van der Waals surface area contributed by atoms with Gasteiger partial charge in [0.2, 0.25) is 0 Å². The molecule has 0 bridgehead atoms. The Bertz CT molecular complexity index is 1000. The van der Waals surface area contributed by atoms with Crippen molar-refractivity contribution in [3.63, 3.8) is 0 Å². The first-order valence-corrected chi connectivity index (χ1v) is 9.36. The number of piperidine rings is 1. The van der Waals surface area contributed by atoms with Crippen molar-refractivity contribution in [2.45, 2.75) is 39.0 Å². The molecule has 10 heteroatoms. The normalized spacial score (nSPS) is 17.8. The molecule has 0 N–H and O–H groups in total. The summed E-state index contributed by atoms with van der Waals surface area (Å²) in [6.45, 7) is 4.38. The molecule has 1 aliphatic rings. The third-order valence-corrected chi connectivity index (χ3v) is 5.69. The van der Waals surface area contributed by atoms with Gasteiger partial charge in [0, 0.05) is 30.3 Å². The Morgan fingerprint density at radius 3 is 2.89 bits per heavy atom. The SMILES string of the molecule is Cc1nnsc1C(=O)N1CCC[C@H](c2cc(C(F)F)c3c(C)noc3n2)C1. The van der Waals surface area contributed by atoms with E-state index in [1.807, 2.05) is 0 Å². The number of nitrogens with zero attached hydrogens (tertiary/aromatic N) is 5. The molecule has 0 aliphatic carbocycles. The van der Waals surface area contributed by atoms with Gasteiger partial charge < -0.3 is 9.42 Å². The van der Waals surface area contributed by atoms with E-state index in [4.69, 9.17) is 4.52 Å². The van der Waals surface area contributed by atoms with Gasteiger partial charge in [-0.05, 0) is 44.3 Å². The molecule has 1 saturated heterocycles. The predicted molar refractivity (Wildman–Crippen MR) is 94.0 cm³/mol. The number of hydrogen-bond donors (Lipinski definition) is 0. The Morgan fingerprint density at radius 1 is 1.37 bits per heavy atom. The van der Waals surface area contributed by atoms with E-state index in [0.29, 0.717) is 35.0 Å². The molecule has 3 aromatic heterocycles. The quantitative estimate of drug-likeness (QED) is 0.675. The lowest BCUT2D eigenvalue weighted by molar-refractivity contribution is 0.0709. The minimum Gasteiger partial charge on any atom is -0.337 e. The molecule has 3 aromatic rings. The van der Waals surface area contributed by atoms with Crippen molar-refractivity contribution >= 4 is 28.5 Å². The zero-order valence-electron chi connectivity index (χ0n) is 14.8. The molecule has 4 heterocycles. The second-order valence-electron chi connectivity index (χ2n) is 6.66. The maximum atomic E-state index is 13.6. The Morgan fingerprint density at radius 2 is 2.19 bits per heavy atom. The largest absolute Gasteiger partial charge is 0.337 e. The number of carbonyl (C=O) groups excluding carboxylic acids is 1. The van der Waals surface area contributed by atoms with Crippen LogP contribution < -0.4 is 0 Å². The van der Waals surface area contributed by atoms with Crippen LogP contribution >= 0.6 is 11.5 Å². The van der Waals surface area contributed by atoms with Gasteiger partial charge in [0.15, 0.2) is 0 Å². The lowest BCUT2D eigenvalue weighted by Gasteiger charge is -2.32. The van der Waals surface area contributed by atoms with E-state index < -0.39 is 6.43 Å². The van der Waals surface area contributed by atoms with E-state index in [-0.39, 0.29) is 28.5 Å². The number of alkyl halides is 2. The molecule has 0 radical (unpaired) electrons. The molecule has 142 valence electrons. The van der Waals surface area contributed by atoms with Crippen molar-refractivity contribution in [3.8, 4) is 0 Å². The van der Waals surface area contributed by atoms with Crippen molar-refractivity contribution in [2.75, 3.05) is 13.1 Å². The van der Waals surface area contributed by atoms with Gasteiger partial charge in [-0.15, -0.1) is 5.10 Å². The molecule has 0 aromatic carbocycles. The van der Waals surface area contributed by atoms with E-state index >= 15 is 0 Å². The number of carbonyl (C=O) groups is 1. The number of fused-ring (bicyclic) bond motifs is 1. The first-order chi connectivity index (χ1) is 13.0. The average Bonchev–Trinajstić information content (AvgIpc) is 3.26. The fraction of sp³-hybridized carbons (Fsp3) is 0.471. The summed E-state index contributed by atoms with van der Waals surface area (Å²) in [5.74, 6) is -0.269. The molecule has 1 fully saturated rings. The molecule has 27 heavy (non-hydrogen) atoms. The smallest absolute Gasteiger partial charge is 0.267 e. The third kappa shape index (κ3) is 3.18. The highest BCUT2D eigenvalue weighted by Gasteiger charge is 2.30. The highest BCUT2D eigenvalue weighted by atomic mass is 32.1. The molecule has 0 saturated carbocycles. The fourth-order valence-corrected chi connectivity index (χ4v) is 4.13. The second kappa shape index (κ2) is 6.91. The maximum Gasteiger partial charge on any atom is 0.267 e. The third-order valence-electron chi connectivity index (χ3n) is 4.88. The van der Waals surface area contributed by atoms with Crippen molar-refractivity contribution in [2.24, 2.45) is 0 Å². The molecule has 1 aliphatic heterocycles. The summed E-state index contributed by atoms with van der Waals surface area (Å²) in [6.07, 6.45) is -1.13. The van der Waals surface area contributed by atoms with Crippen molar-refractivity contribution in [1.82, 2.24) is 24.6 Å². The average molecular weight is 393 g/mol. The minimum atomic E-state index is -2.65. The predicted octanol–water partition coefficient (Wildman–Crippen LogP) is 3.65. The molecule has 1 atom stereocenters. The summed E-state index contributed by atoms with van der Waals surface area (Å²) in [5.41, 5.74) is 1.49. The van der Waals surface area contributed by atoms with Crippen LogP contribution in [0.15, 0.2) is 10.6 Å². The van der Waals surface area contributed by atoms with Crippen molar-refractivity contribution in [3.05, 3.63) is 33.6 Å². The molecular formula is C17H17F2N5O2S. The number of halogens is 2. The van der Waals surface area contributed by atoms with Crippen LogP contribution in [0.3, 0.4) is 0 Å². The van der Waals surface area contributed by atoms with Crippen LogP contribution in [0.5, 0.6) is 0 Å². The van der Waals surface area contributed by atoms with E-state index in [9.17, 15) is 13.6 Å². The highest BCUT2D eigenvalue weighted by molar-refractivity contribution is 7.07. The lowest BCUT2D eigenvalue weighted by Crippen LogP contribution is -2.39. The van der Waals surface area contributed by atoms with Crippen LogP contribution in [0.1, 0.15) is 57.5 Å². The zero-order valence-corrected chi connectivity index (χ0v) is 15.6. The summed E-state index contributed by atoms with van der Waals surface area (Å²) in [4.78, 5) is 19.4. The number of rotatable bonds is 3. The van der Waals surface area contributed by atoms with Crippen LogP contribution in [0.2, 0.25) is 0 Å². The standard InChI is InChI=1S/C17H17F2N5O2S/c1-8-13-11(15(18)19)6-12(20-16(13)26-22-8)10-4-3-5-24(7-10)17(25)14-9(2)21-23-27-14/h6,10,15H,3-5,7H2,1-2H3/t10-/m0/s1. The van der Waals surface area contributed by atoms with Gasteiger partial charge in [-0.1, -0.05) is 9.64 Å². The van der Waals surface area contributed by atoms with Gasteiger partial charge in [0.05, 0.1) is 16.8 Å². The number of aromatic nitrogens is 4. The zero-order chi connectivity index (χ0) is 19.1. The van der Waals surface area contributed by atoms with Crippen LogP contribution in [-0.4, -0.2) is 43.6 Å². The van der Waals surface area contributed by atoms with Crippen LogP contribution in [-0.2, 0) is 0 Å². The van der Waals surface area contributed by atoms with Gasteiger partial charge in [0.1, 0.15) is 4.88 Å². The first-order valence-electron chi connectivity index (χ1n) is 8.59. The fourth-order valence-electron chi connectivity index (χ4n) is 3.50. The monoisotopic (exact) mass is 393 g/mol. The molecule has 1 amide bonds. The van der Waals surface area contributed by atoms with E-state index in [0.717, 1.165) is 24.4 Å². The van der Waals surface area contributed by atoms with Crippen LogP contribution in [0.25, 0.3) is 11.1 Å². The Kier molecular flexibility index (Phi) is 4.58. The van der Waals surface area contributed by atoms with Crippen molar-refractivity contribution < 1.29 is 18.1 Å². The summed E-state index contributed by atoms with van der Waals surface area (Å²) in [6, 6.07) is 1.43. The first kappa shape index (κ1) is 17.9. The van der Waals surface area contributed by atoms with E-state index in [2.05, 4.69) is 19.7 Å². The minimum absolute atomic E-state index is 0.117. The number of pyridine rings is 1. The molecule has 7 nitrogen and oxygen atoms in total. The number of amides is 1. The van der Waals surface area contributed by atoms with E-state index in [1.165, 1.54) is 6.07 Å². The molecular weight excluding hydrogens is 376 g/mol. The van der Waals surface area contributed by atoms with Gasteiger partial charge in [-0.25, -0.2) is 13.8 Å². The van der Waals surface area contributed by atoms with Gasteiger partial charge >= 0.3 is 0 Å². The Hall–Kier alpha value is -2.49. The maximum absolute atomic E-state index is 13.6. The van der Waals surface area contributed by atoms with Gasteiger partial charge in [-0.3, -0.25) is 4.79 Å². The topological polar surface area (TPSA) is 85.0 Å². The molecule has 4 rings (SSSR count). The summed E-state index contributed by atoms with van der Waals surface area (Å²) >= 11 is 1.07. The second-order valence-corrected chi connectivity index (χ2v) is 7.42. The molecule has 0 spiro atoms. The lowest BCUT2D eigenvalue weighted by atomic mass is 9.92. The number of likely N-dealkylation sites (tertiary alicyclic amines) is 1. The summed E-state index contributed by atoms with van der Waals surface area (Å²) in [7, 11) is 0. The van der Waals surface area contributed by atoms with Crippen molar-refractivity contribution in [1.29, 1.82) is 0 Å². The number of aryl methyl sites for hydroxylation is 2. The number of hydrogen-bond acceptors (Lipinski definition) is 7. The molecule has 0 unspecified atom stereocenters.